The fourth-order valence-corrected chi connectivity index (χ4v) is 8.33. The lowest BCUT2D eigenvalue weighted by Crippen LogP contribution is -2.09. The minimum Gasteiger partial charge on any atom is -0.456 e. The zero-order valence-corrected chi connectivity index (χ0v) is 29.3. The number of furan rings is 2. The maximum Gasteiger partial charge on any atom is 0.227 e. The van der Waals surface area contributed by atoms with Crippen LogP contribution in [-0.4, -0.2) is 9.55 Å². The highest BCUT2D eigenvalue weighted by molar-refractivity contribution is 6.17. The number of fused-ring (bicyclic) bond motifs is 11. The van der Waals surface area contributed by atoms with Crippen LogP contribution in [0, 0.1) is 0 Å². The van der Waals surface area contributed by atoms with Crippen molar-refractivity contribution in [3.8, 4) is 17.1 Å². The first-order chi connectivity index (χ1) is 27.2. The van der Waals surface area contributed by atoms with Crippen LogP contribution in [0.4, 0.5) is 17.1 Å². The quantitative estimate of drug-likeness (QED) is 0.178. The van der Waals surface area contributed by atoms with Crippen LogP contribution in [0.15, 0.2) is 189 Å². The topological polar surface area (TPSA) is 60.5 Å². The van der Waals surface area contributed by atoms with Gasteiger partial charge in [-0.05, 0) is 103 Å². The molecule has 0 fully saturated rings. The van der Waals surface area contributed by atoms with E-state index in [9.17, 15) is 0 Å². The monoisotopic (exact) mass is 707 g/mol. The van der Waals surface area contributed by atoms with Gasteiger partial charge in [0.1, 0.15) is 27.8 Å². The van der Waals surface area contributed by atoms with Crippen LogP contribution >= 0.6 is 0 Å². The third kappa shape index (κ3) is 4.52. The van der Waals surface area contributed by atoms with Crippen LogP contribution in [0.25, 0.3) is 93.9 Å². The number of anilines is 3. The Morgan fingerprint density at radius 2 is 1.00 bits per heavy atom. The van der Waals surface area contributed by atoms with E-state index in [2.05, 4.69) is 131 Å². The maximum absolute atomic E-state index is 6.51. The van der Waals surface area contributed by atoms with E-state index in [1.54, 1.807) is 0 Å². The third-order valence-electron chi connectivity index (χ3n) is 10.8. The predicted octanol–water partition coefficient (Wildman–Crippen LogP) is 13.9. The Hall–Kier alpha value is -7.57. The molecule has 0 spiro atoms. The Morgan fingerprint density at radius 3 is 1.82 bits per heavy atom. The Labute approximate surface area is 313 Å². The van der Waals surface area contributed by atoms with E-state index in [1.165, 1.54) is 10.8 Å². The van der Waals surface area contributed by atoms with Gasteiger partial charge in [-0.1, -0.05) is 72.8 Å². The summed E-state index contributed by atoms with van der Waals surface area (Å²) in [5.41, 5.74) is 12.1. The van der Waals surface area contributed by atoms with E-state index >= 15 is 0 Å². The van der Waals surface area contributed by atoms with Crippen LogP contribution in [0.5, 0.6) is 0 Å². The standard InChI is InChI=1S/C49H29N3O3/c1-3-11-30(12-4-1)49-50-40-22-26-46-47(48(40)55-49)39-29-34(21-25-45(39)54-46)51(33-20-24-44-38(28-33)36-16-8-10-18-43(36)53-44)32-19-23-42-37(27-32)35-15-7-9-17-41(35)52(42)31-13-5-2-6-14-31/h1-29H. The maximum atomic E-state index is 6.51. The number of hydrogen-bond acceptors (Lipinski definition) is 5. The summed E-state index contributed by atoms with van der Waals surface area (Å²) in [5.74, 6) is 0.582. The normalized spacial score (nSPS) is 12.0. The van der Waals surface area contributed by atoms with Gasteiger partial charge in [0.05, 0.1) is 16.4 Å². The van der Waals surface area contributed by atoms with Crippen molar-refractivity contribution in [3.63, 3.8) is 0 Å². The number of benzene rings is 8. The molecule has 0 N–H and O–H groups in total. The molecule has 0 saturated carbocycles. The Morgan fingerprint density at radius 1 is 0.418 bits per heavy atom. The van der Waals surface area contributed by atoms with E-state index in [0.717, 1.165) is 88.7 Å². The highest BCUT2D eigenvalue weighted by atomic mass is 16.4. The molecule has 0 amide bonds. The molecule has 0 saturated heterocycles. The first kappa shape index (κ1) is 29.9. The zero-order chi connectivity index (χ0) is 36.0. The molecule has 4 heterocycles. The molecule has 8 aromatic carbocycles. The lowest BCUT2D eigenvalue weighted by atomic mass is 10.1. The molecule has 258 valence electrons. The van der Waals surface area contributed by atoms with E-state index in [0.29, 0.717) is 11.5 Å². The van der Waals surface area contributed by atoms with Gasteiger partial charge in [0.25, 0.3) is 0 Å². The number of rotatable bonds is 5. The van der Waals surface area contributed by atoms with E-state index in [1.807, 2.05) is 54.6 Å². The van der Waals surface area contributed by atoms with Crippen molar-refractivity contribution in [1.29, 1.82) is 0 Å². The van der Waals surface area contributed by atoms with Crippen LogP contribution in [-0.2, 0) is 0 Å². The molecular weight excluding hydrogens is 679 g/mol. The van der Waals surface area contributed by atoms with Gasteiger partial charge in [-0.2, -0.15) is 0 Å². The van der Waals surface area contributed by atoms with Gasteiger partial charge in [-0.25, -0.2) is 4.98 Å². The number of para-hydroxylation sites is 3. The molecule has 0 unspecified atom stereocenters. The fraction of sp³-hybridized carbons (Fsp3) is 0. The Bertz CT molecular complexity index is 3440. The third-order valence-corrected chi connectivity index (χ3v) is 10.8. The second kappa shape index (κ2) is 11.5. The smallest absolute Gasteiger partial charge is 0.227 e. The number of hydrogen-bond donors (Lipinski definition) is 0. The molecular formula is C49H29N3O3. The summed E-state index contributed by atoms with van der Waals surface area (Å²) in [6, 6.07) is 61.0. The minimum absolute atomic E-state index is 0.582. The molecule has 0 aliphatic rings. The lowest BCUT2D eigenvalue weighted by Gasteiger charge is -2.26. The molecule has 12 aromatic rings. The second-order valence-electron chi connectivity index (χ2n) is 14.0. The van der Waals surface area contributed by atoms with Gasteiger partial charge in [-0.3, -0.25) is 0 Å². The van der Waals surface area contributed by atoms with Crippen molar-refractivity contribution in [1.82, 2.24) is 9.55 Å². The number of aromatic nitrogens is 2. The van der Waals surface area contributed by atoms with Crippen LogP contribution in [0.3, 0.4) is 0 Å². The van der Waals surface area contributed by atoms with Gasteiger partial charge >= 0.3 is 0 Å². The Kier molecular flexibility index (Phi) is 6.24. The summed E-state index contributed by atoms with van der Waals surface area (Å²) in [6.07, 6.45) is 0. The summed E-state index contributed by atoms with van der Waals surface area (Å²) in [5, 5.41) is 6.36. The molecule has 4 aromatic heterocycles. The van der Waals surface area contributed by atoms with Crippen molar-refractivity contribution in [2.75, 3.05) is 4.90 Å². The summed E-state index contributed by atoms with van der Waals surface area (Å²) >= 11 is 0. The molecule has 6 heteroatoms. The molecule has 12 rings (SSSR count). The van der Waals surface area contributed by atoms with Gasteiger partial charge in [0.2, 0.25) is 5.89 Å². The molecule has 6 nitrogen and oxygen atoms in total. The average molecular weight is 708 g/mol. The molecule has 0 aliphatic carbocycles. The zero-order valence-electron chi connectivity index (χ0n) is 29.3. The SMILES string of the molecule is c1ccc(-c2nc3ccc4oc5ccc(N(c6ccc7oc8ccccc8c7c6)c6ccc7c(c6)c6ccccc6n7-c6ccccc6)cc5c4c3o2)cc1. The second-order valence-corrected chi connectivity index (χ2v) is 14.0. The predicted molar refractivity (Wildman–Crippen MR) is 223 cm³/mol. The van der Waals surface area contributed by atoms with Crippen molar-refractivity contribution < 1.29 is 13.3 Å². The lowest BCUT2D eigenvalue weighted by molar-refractivity contribution is 0.622. The first-order valence-electron chi connectivity index (χ1n) is 18.4. The Balaban J connectivity index is 1.11. The van der Waals surface area contributed by atoms with Crippen molar-refractivity contribution in [3.05, 3.63) is 176 Å². The number of oxazole rings is 1. The van der Waals surface area contributed by atoms with Gasteiger partial charge in [0, 0.05) is 55.2 Å². The van der Waals surface area contributed by atoms with Crippen LogP contribution in [0.1, 0.15) is 0 Å². The largest absolute Gasteiger partial charge is 0.456 e. The summed E-state index contributed by atoms with van der Waals surface area (Å²) in [4.78, 5) is 7.19. The summed E-state index contributed by atoms with van der Waals surface area (Å²) in [6.45, 7) is 0. The number of nitrogens with zero attached hydrogens (tertiary/aromatic N) is 3. The fourth-order valence-electron chi connectivity index (χ4n) is 8.33. The van der Waals surface area contributed by atoms with Gasteiger partial charge < -0.3 is 22.7 Å². The van der Waals surface area contributed by atoms with Crippen molar-refractivity contribution in [2.45, 2.75) is 0 Å². The van der Waals surface area contributed by atoms with Gasteiger partial charge in [-0.15, -0.1) is 0 Å². The van der Waals surface area contributed by atoms with E-state index in [-0.39, 0.29) is 0 Å². The van der Waals surface area contributed by atoms with E-state index < -0.39 is 0 Å². The molecule has 0 aliphatic heterocycles. The van der Waals surface area contributed by atoms with Crippen LogP contribution in [0.2, 0.25) is 0 Å². The van der Waals surface area contributed by atoms with Crippen molar-refractivity contribution in [2.24, 2.45) is 0 Å². The van der Waals surface area contributed by atoms with Crippen LogP contribution < -0.4 is 4.90 Å². The average Bonchev–Trinajstić information content (AvgIpc) is 4.02. The van der Waals surface area contributed by atoms with E-state index in [4.69, 9.17) is 18.2 Å². The molecule has 0 atom stereocenters. The first-order valence-corrected chi connectivity index (χ1v) is 18.4. The highest BCUT2D eigenvalue weighted by Gasteiger charge is 2.22. The summed E-state index contributed by atoms with van der Waals surface area (Å²) in [7, 11) is 0. The minimum atomic E-state index is 0.582. The van der Waals surface area contributed by atoms with Crippen molar-refractivity contribution >= 4 is 93.8 Å². The molecule has 55 heavy (non-hydrogen) atoms. The van der Waals surface area contributed by atoms with Gasteiger partial charge in [0.15, 0.2) is 5.58 Å². The summed E-state index contributed by atoms with van der Waals surface area (Å²) < 4.78 is 21.6. The molecule has 0 bridgehead atoms. The highest BCUT2D eigenvalue weighted by Crippen LogP contribution is 2.44. The molecule has 0 radical (unpaired) electrons.